The Balaban J connectivity index is 2.21. The molecule has 0 aromatic heterocycles. The predicted molar refractivity (Wildman–Crippen MR) is 89.8 cm³/mol. The average Bonchev–Trinajstić information content (AvgIpc) is 2.50. The standard InChI is InChI=1S/C19H31NO/c1-4-20-18(15-17-12-8-7-11-16(17)3)19(21-5-2)13-9-6-10-14-19/h7-8,11-12,18,20H,4-6,9-10,13-15H2,1-3H3. The fourth-order valence-corrected chi connectivity index (χ4v) is 3.78. The van der Waals surface area contributed by atoms with E-state index in [0.717, 1.165) is 19.6 Å². The van der Waals surface area contributed by atoms with Crippen molar-refractivity contribution in [3.63, 3.8) is 0 Å². The molecule has 0 amide bonds. The van der Waals surface area contributed by atoms with Crippen LogP contribution in [0.1, 0.15) is 57.1 Å². The van der Waals surface area contributed by atoms with E-state index in [9.17, 15) is 0 Å². The van der Waals surface area contributed by atoms with Crippen molar-refractivity contribution in [2.24, 2.45) is 0 Å². The van der Waals surface area contributed by atoms with Crippen LogP contribution in [0.3, 0.4) is 0 Å². The number of benzene rings is 1. The number of aryl methyl sites for hydroxylation is 1. The van der Waals surface area contributed by atoms with E-state index in [1.165, 1.54) is 43.2 Å². The molecule has 0 saturated heterocycles. The van der Waals surface area contributed by atoms with E-state index in [2.05, 4.69) is 50.4 Å². The lowest BCUT2D eigenvalue weighted by Crippen LogP contribution is -2.55. The summed E-state index contributed by atoms with van der Waals surface area (Å²) in [6.45, 7) is 8.37. The quantitative estimate of drug-likeness (QED) is 0.810. The smallest absolute Gasteiger partial charge is 0.0837 e. The number of likely N-dealkylation sites (N-methyl/N-ethyl adjacent to an activating group) is 1. The lowest BCUT2D eigenvalue weighted by molar-refractivity contribution is -0.0894. The first-order valence-corrected chi connectivity index (χ1v) is 8.63. The van der Waals surface area contributed by atoms with Crippen LogP contribution in [0.5, 0.6) is 0 Å². The van der Waals surface area contributed by atoms with E-state index in [1.807, 2.05) is 0 Å². The second-order valence-electron chi connectivity index (χ2n) is 6.30. The first-order valence-electron chi connectivity index (χ1n) is 8.63. The van der Waals surface area contributed by atoms with Crippen molar-refractivity contribution < 1.29 is 4.74 Å². The van der Waals surface area contributed by atoms with Crippen LogP contribution < -0.4 is 5.32 Å². The van der Waals surface area contributed by atoms with Gasteiger partial charge in [-0.3, -0.25) is 0 Å². The van der Waals surface area contributed by atoms with E-state index in [0.29, 0.717) is 6.04 Å². The molecule has 1 aliphatic carbocycles. The molecular formula is C19H31NO. The Labute approximate surface area is 130 Å². The molecule has 2 rings (SSSR count). The van der Waals surface area contributed by atoms with Gasteiger partial charge in [0.25, 0.3) is 0 Å². The van der Waals surface area contributed by atoms with Gasteiger partial charge in [-0.25, -0.2) is 0 Å². The van der Waals surface area contributed by atoms with Gasteiger partial charge in [-0.2, -0.15) is 0 Å². The van der Waals surface area contributed by atoms with Crippen LogP contribution in [-0.2, 0) is 11.2 Å². The molecule has 118 valence electrons. The molecule has 1 unspecified atom stereocenters. The second-order valence-corrected chi connectivity index (χ2v) is 6.30. The molecule has 1 aliphatic rings. The first-order chi connectivity index (χ1) is 10.2. The summed E-state index contributed by atoms with van der Waals surface area (Å²) in [5.74, 6) is 0. The van der Waals surface area contributed by atoms with Crippen LogP contribution >= 0.6 is 0 Å². The maximum absolute atomic E-state index is 6.33. The fraction of sp³-hybridized carbons (Fsp3) is 0.684. The summed E-state index contributed by atoms with van der Waals surface area (Å²) in [5.41, 5.74) is 2.88. The summed E-state index contributed by atoms with van der Waals surface area (Å²) in [7, 11) is 0. The van der Waals surface area contributed by atoms with E-state index < -0.39 is 0 Å². The number of hydrogen-bond donors (Lipinski definition) is 1. The van der Waals surface area contributed by atoms with Crippen molar-refractivity contribution in [1.82, 2.24) is 5.32 Å². The Hall–Kier alpha value is -0.860. The highest BCUT2D eigenvalue weighted by atomic mass is 16.5. The number of hydrogen-bond acceptors (Lipinski definition) is 2. The second kappa shape index (κ2) is 7.95. The largest absolute Gasteiger partial charge is 0.374 e. The van der Waals surface area contributed by atoms with Crippen molar-refractivity contribution in [1.29, 1.82) is 0 Å². The normalized spacial score (nSPS) is 19.4. The lowest BCUT2D eigenvalue weighted by atomic mass is 9.76. The molecular weight excluding hydrogens is 258 g/mol. The molecule has 1 aromatic carbocycles. The average molecular weight is 289 g/mol. The Morgan fingerprint density at radius 3 is 2.48 bits per heavy atom. The van der Waals surface area contributed by atoms with Crippen LogP contribution in [0.4, 0.5) is 0 Å². The van der Waals surface area contributed by atoms with Crippen molar-refractivity contribution in [3.8, 4) is 0 Å². The number of ether oxygens (including phenoxy) is 1. The van der Waals surface area contributed by atoms with E-state index >= 15 is 0 Å². The van der Waals surface area contributed by atoms with Crippen LogP contribution in [0.25, 0.3) is 0 Å². The van der Waals surface area contributed by atoms with Gasteiger partial charge in [-0.15, -0.1) is 0 Å². The Morgan fingerprint density at radius 1 is 1.14 bits per heavy atom. The maximum atomic E-state index is 6.33. The Bertz CT molecular complexity index is 418. The van der Waals surface area contributed by atoms with Crippen LogP contribution in [0.15, 0.2) is 24.3 Å². The highest BCUT2D eigenvalue weighted by molar-refractivity contribution is 5.27. The zero-order valence-electron chi connectivity index (χ0n) is 14.0. The zero-order chi connectivity index (χ0) is 15.1. The van der Waals surface area contributed by atoms with Gasteiger partial charge in [0.2, 0.25) is 0 Å². The molecule has 2 nitrogen and oxygen atoms in total. The predicted octanol–water partition coefficient (Wildman–Crippen LogP) is 4.26. The highest BCUT2D eigenvalue weighted by Crippen LogP contribution is 2.36. The van der Waals surface area contributed by atoms with Gasteiger partial charge in [0.1, 0.15) is 0 Å². The maximum Gasteiger partial charge on any atom is 0.0837 e. The molecule has 0 bridgehead atoms. The minimum Gasteiger partial charge on any atom is -0.374 e. The monoisotopic (exact) mass is 289 g/mol. The number of rotatable bonds is 7. The third-order valence-corrected chi connectivity index (χ3v) is 4.90. The summed E-state index contributed by atoms with van der Waals surface area (Å²) in [4.78, 5) is 0. The topological polar surface area (TPSA) is 21.3 Å². The summed E-state index contributed by atoms with van der Waals surface area (Å²) in [6.07, 6.45) is 7.43. The van der Waals surface area contributed by atoms with Crippen LogP contribution in [0.2, 0.25) is 0 Å². The van der Waals surface area contributed by atoms with Crippen LogP contribution in [-0.4, -0.2) is 24.8 Å². The molecule has 1 aromatic rings. The fourth-order valence-electron chi connectivity index (χ4n) is 3.78. The molecule has 21 heavy (non-hydrogen) atoms. The highest BCUT2D eigenvalue weighted by Gasteiger charge is 2.40. The summed E-state index contributed by atoms with van der Waals surface area (Å²) < 4.78 is 6.33. The van der Waals surface area contributed by atoms with Gasteiger partial charge in [-0.1, -0.05) is 50.5 Å². The van der Waals surface area contributed by atoms with Gasteiger partial charge in [0, 0.05) is 12.6 Å². The van der Waals surface area contributed by atoms with Crippen LogP contribution in [0, 0.1) is 6.92 Å². The minimum absolute atomic E-state index is 0.0330. The molecule has 1 saturated carbocycles. The third kappa shape index (κ3) is 4.08. The molecule has 0 heterocycles. The SMILES string of the molecule is CCNC(Cc1ccccc1C)C1(OCC)CCCCC1. The van der Waals surface area contributed by atoms with Crippen molar-refractivity contribution in [2.45, 2.75) is 70.9 Å². The number of nitrogens with one attached hydrogen (secondary N) is 1. The van der Waals surface area contributed by atoms with Crippen molar-refractivity contribution in [3.05, 3.63) is 35.4 Å². The van der Waals surface area contributed by atoms with E-state index in [-0.39, 0.29) is 5.60 Å². The summed E-state index contributed by atoms with van der Waals surface area (Å²) in [6, 6.07) is 9.18. The minimum atomic E-state index is 0.0330. The molecule has 0 spiro atoms. The molecule has 1 N–H and O–H groups in total. The van der Waals surface area contributed by atoms with Gasteiger partial charge in [-0.05, 0) is 50.8 Å². The van der Waals surface area contributed by atoms with Crippen molar-refractivity contribution in [2.75, 3.05) is 13.2 Å². The van der Waals surface area contributed by atoms with E-state index in [4.69, 9.17) is 4.74 Å². The summed E-state index contributed by atoms with van der Waals surface area (Å²) in [5, 5.41) is 3.73. The van der Waals surface area contributed by atoms with Crippen molar-refractivity contribution >= 4 is 0 Å². The third-order valence-electron chi connectivity index (χ3n) is 4.90. The van der Waals surface area contributed by atoms with Gasteiger partial charge in [0.15, 0.2) is 0 Å². The van der Waals surface area contributed by atoms with Gasteiger partial charge in [0.05, 0.1) is 5.60 Å². The zero-order valence-corrected chi connectivity index (χ0v) is 14.0. The molecule has 0 aliphatic heterocycles. The summed E-state index contributed by atoms with van der Waals surface area (Å²) >= 11 is 0. The van der Waals surface area contributed by atoms with E-state index in [1.54, 1.807) is 0 Å². The molecule has 2 heteroatoms. The first kappa shape index (κ1) is 16.5. The Morgan fingerprint density at radius 2 is 1.86 bits per heavy atom. The molecule has 0 radical (unpaired) electrons. The Kier molecular flexibility index (Phi) is 6.25. The van der Waals surface area contributed by atoms with Gasteiger partial charge >= 0.3 is 0 Å². The lowest BCUT2D eigenvalue weighted by Gasteiger charge is -2.44. The molecule has 1 atom stereocenters. The molecule has 1 fully saturated rings. The van der Waals surface area contributed by atoms with Gasteiger partial charge < -0.3 is 10.1 Å².